The van der Waals surface area contributed by atoms with E-state index in [2.05, 4.69) is 30.2 Å². The van der Waals surface area contributed by atoms with Crippen molar-refractivity contribution in [1.82, 2.24) is 24.4 Å². The third kappa shape index (κ3) is 6.25. The van der Waals surface area contributed by atoms with Gasteiger partial charge in [-0.1, -0.05) is 0 Å². The molecular formula is C23H29N9O6S. The first kappa shape index (κ1) is 26.7. The molecule has 1 fully saturated rings. The van der Waals surface area contributed by atoms with Crippen LogP contribution in [-0.4, -0.2) is 91.9 Å². The molecule has 3 aromatic rings. The number of aromatic nitrogens is 4. The molecule has 0 saturated carbocycles. The van der Waals surface area contributed by atoms with Gasteiger partial charge in [-0.25, -0.2) is 24.8 Å². The Labute approximate surface area is 224 Å². The standard InChI is InChI=1S/C23H29N9O6S/c1-36-19-17(38-10-2-6-31-8-11-37-12-9-31)4-3-16-18(19)28-23(32-7-5-25-20(16)32)29-21(33)15-13-26-22(27-14-15)30-39(24,34)35/h3-4,13-14,25H,2,5-12H2,1H3,(H2,24,34,35)(H,26,27,30). The Kier molecular flexibility index (Phi) is 7.87. The smallest absolute Gasteiger partial charge is 0.298 e. The van der Waals surface area contributed by atoms with Gasteiger partial charge >= 0.3 is 0 Å². The first-order valence-electron chi connectivity index (χ1n) is 12.3. The normalized spacial score (nSPS) is 16.1. The lowest BCUT2D eigenvalue weighted by Crippen LogP contribution is -2.37. The van der Waals surface area contributed by atoms with Gasteiger partial charge in [0.25, 0.3) is 16.1 Å². The average molecular weight is 560 g/mol. The van der Waals surface area contributed by atoms with E-state index in [0.29, 0.717) is 36.7 Å². The third-order valence-electron chi connectivity index (χ3n) is 6.22. The van der Waals surface area contributed by atoms with Crippen molar-refractivity contribution in [1.29, 1.82) is 0 Å². The number of nitrogens with two attached hydrogens (primary N) is 1. The van der Waals surface area contributed by atoms with Crippen LogP contribution in [-0.2, 0) is 21.5 Å². The maximum atomic E-state index is 12.9. The second-order valence-electron chi connectivity index (χ2n) is 8.85. The van der Waals surface area contributed by atoms with Gasteiger partial charge in [0.2, 0.25) is 11.6 Å². The van der Waals surface area contributed by atoms with E-state index in [0.717, 1.165) is 62.9 Å². The van der Waals surface area contributed by atoms with Crippen LogP contribution in [0, 0.1) is 0 Å². The molecule has 4 N–H and O–H groups in total. The van der Waals surface area contributed by atoms with E-state index in [-0.39, 0.29) is 17.1 Å². The second-order valence-corrected chi connectivity index (χ2v) is 10.1. The summed E-state index contributed by atoms with van der Waals surface area (Å²) in [4.78, 5) is 31.8. The van der Waals surface area contributed by atoms with Gasteiger partial charge in [-0.15, -0.1) is 0 Å². The molecule has 0 bridgehead atoms. The number of amides is 1. The summed E-state index contributed by atoms with van der Waals surface area (Å²) in [7, 11) is -2.50. The fourth-order valence-electron chi connectivity index (χ4n) is 4.41. The summed E-state index contributed by atoms with van der Waals surface area (Å²) in [5.74, 6) is 0.833. The molecule has 0 radical (unpaired) electrons. The van der Waals surface area contributed by atoms with Crippen LogP contribution in [0.3, 0.4) is 0 Å². The molecular weight excluding hydrogens is 530 g/mol. The fraction of sp³-hybridized carbons (Fsp3) is 0.435. The Bertz CT molecular complexity index is 1540. The molecule has 2 aromatic heterocycles. The van der Waals surface area contributed by atoms with Gasteiger partial charge in [0.05, 0.1) is 32.5 Å². The first-order valence-corrected chi connectivity index (χ1v) is 13.9. The molecule has 2 aliphatic rings. The average Bonchev–Trinajstić information content (AvgIpc) is 3.42. The molecule has 0 spiro atoms. The summed E-state index contributed by atoms with van der Waals surface area (Å²) in [6.45, 7) is 5.97. The monoisotopic (exact) mass is 559 g/mol. The van der Waals surface area contributed by atoms with Crippen LogP contribution in [0.2, 0.25) is 0 Å². The number of nitrogens with one attached hydrogen (secondary N) is 2. The van der Waals surface area contributed by atoms with Gasteiger partial charge in [-0.3, -0.25) is 14.3 Å². The molecule has 1 amide bonds. The highest BCUT2D eigenvalue weighted by molar-refractivity contribution is 7.90. The molecule has 208 valence electrons. The topological polar surface area (TPSA) is 188 Å². The number of anilines is 2. The number of nitrogens with zero attached hydrogens (tertiary/aromatic N) is 6. The van der Waals surface area contributed by atoms with Crippen molar-refractivity contribution in [3.05, 3.63) is 35.7 Å². The Morgan fingerprint density at radius 1 is 1.23 bits per heavy atom. The van der Waals surface area contributed by atoms with E-state index in [1.807, 2.05) is 16.9 Å². The van der Waals surface area contributed by atoms with Crippen molar-refractivity contribution in [3.63, 3.8) is 0 Å². The lowest BCUT2D eigenvalue weighted by atomic mass is 10.2. The predicted octanol–water partition coefficient (Wildman–Crippen LogP) is -0.282. The number of hydrogen-bond donors (Lipinski definition) is 3. The Hall–Kier alpha value is -3.86. The highest BCUT2D eigenvalue weighted by atomic mass is 32.2. The minimum absolute atomic E-state index is 0.0430. The number of fused-ring (bicyclic) bond motifs is 3. The summed E-state index contributed by atoms with van der Waals surface area (Å²) in [5.41, 5.74) is 0.711. The zero-order valence-corrected chi connectivity index (χ0v) is 22.1. The maximum absolute atomic E-state index is 12.9. The molecule has 15 nitrogen and oxygen atoms in total. The minimum Gasteiger partial charge on any atom is -0.491 e. The number of ether oxygens (including phenoxy) is 3. The van der Waals surface area contributed by atoms with Crippen LogP contribution < -0.4 is 30.3 Å². The van der Waals surface area contributed by atoms with Crippen molar-refractivity contribution in [3.8, 4) is 11.5 Å². The van der Waals surface area contributed by atoms with E-state index in [1.165, 1.54) is 0 Å². The number of hydrogen-bond acceptors (Lipinski definition) is 11. The van der Waals surface area contributed by atoms with Crippen molar-refractivity contribution in [2.24, 2.45) is 10.1 Å². The molecule has 5 rings (SSSR count). The van der Waals surface area contributed by atoms with Crippen LogP contribution in [0.5, 0.6) is 11.5 Å². The summed E-state index contributed by atoms with van der Waals surface area (Å²) in [6.07, 6.45) is 3.15. The Morgan fingerprint density at radius 3 is 2.72 bits per heavy atom. The van der Waals surface area contributed by atoms with Gasteiger partial charge < -0.3 is 19.5 Å². The van der Waals surface area contributed by atoms with E-state index < -0.39 is 16.1 Å². The van der Waals surface area contributed by atoms with E-state index in [9.17, 15) is 13.2 Å². The molecule has 1 saturated heterocycles. The van der Waals surface area contributed by atoms with Crippen molar-refractivity contribution in [2.75, 3.05) is 63.1 Å². The number of carbonyl (C=O) groups is 1. The van der Waals surface area contributed by atoms with Crippen LogP contribution in [0.25, 0.3) is 10.9 Å². The van der Waals surface area contributed by atoms with Crippen molar-refractivity contribution >= 4 is 38.8 Å². The minimum atomic E-state index is -4.04. The fourth-order valence-corrected chi connectivity index (χ4v) is 4.77. The van der Waals surface area contributed by atoms with Gasteiger partial charge in [-0.05, 0) is 18.6 Å². The maximum Gasteiger partial charge on any atom is 0.298 e. The lowest BCUT2D eigenvalue weighted by Gasteiger charge is -2.26. The molecule has 0 unspecified atom stereocenters. The molecule has 1 aromatic carbocycles. The van der Waals surface area contributed by atoms with Gasteiger partial charge in [0.15, 0.2) is 11.5 Å². The predicted molar refractivity (Wildman–Crippen MR) is 141 cm³/mol. The molecule has 0 aliphatic carbocycles. The van der Waals surface area contributed by atoms with Crippen LogP contribution >= 0.6 is 0 Å². The van der Waals surface area contributed by atoms with Crippen molar-refractivity contribution < 1.29 is 27.4 Å². The lowest BCUT2D eigenvalue weighted by molar-refractivity contribution is 0.0357. The first-order chi connectivity index (χ1) is 18.8. The van der Waals surface area contributed by atoms with E-state index in [1.54, 1.807) is 11.7 Å². The van der Waals surface area contributed by atoms with Gasteiger partial charge in [0.1, 0.15) is 11.3 Å². The van der Waals surface area contributed by atoms with Gasteiger partial charge in [0, 0.05) is 50.5 Å². The third-order valence-corrected chi connectivity index (χ3v) is 6.69. The summed E-state index contributed by atoms with van der Waals surface area (Å²) in [6, 6.07) is 3.76. The number of benzene rings is 1. The molecule has 4 heterocycles. The number of carbonyl (C=O) groups excluding carboxylic acids is 1. The largest absolute Gasteiger partial charge is 0.491 e. The number of methoxy groups -OCH3 is 1. The highest BCUT2D eigenvalue weighted by Gasteiger charge is 2.21. The van der Waals surface area contributed by atoms with Crippen LogP contribution in [0.15, 0.2) is 29.5 Å². The highest BCUT2D eigenvalue weighted by Crippen LogP contribution is 2.37. The molecule has 0 atom stereocenters. The zero-order valence-electron chi connectivity index (χ0n) is 21.3. The summed E-state index contributed by atoms with van der Waals surface area (Å²) >= 11 is 0. The number of rotatable bonds is 9. The number of morpholine rings is 1. The Balaban J connectivity index is 1.41. The van der Waals surface area contributed by atoms with Gasteiger partial charge in [-0.2, -0.15) is 13.4 Å². The van der Waals surface area contributed by atoms with Crippen LogP contribution in [0.4, 0.5) is 11.8 Å². The zero-order chi connectivity index (χ0) is 27.4. The molecule has 2 aliphatic heterocycles. The van der Waals surface area contributed by atoms with E-state index in [4.69, 9.17) is 19.3 Å². The summed E-state index contributed by atoms with van der Waals surface area (Å²) in [5, 5.41) is 9.04. The van der Waals surface area contributed by atoms with Crippen molar-refractivity contribution in [2.45, 2.75) is 13.0 Å². The van der Waals surface area contributed by atoms with E-state index >= 15 is 0 Å². The molecule has 39 heavy (non-hydrogen) atoms. The van der Waals surface area contributed by atoms with Crippen LogP contribution in [0.1, 0.15) is 16.8 Å². The quantitative estimate of drug-likeness (QED) is 0.292. The SMILES string of the molecule is COc1c(OCCCN2CCOCC2)ccc2c3n(c(=NC(=O)c4cnc(NS(N)(=O)=O)nc4)nc12)CCN3. The summed E-state index contributed by atoms with van der Waals surface area (Å²) < 4.78 is 43.2. The second kappa shape index (κ2) is 11.5. The Morgan fingerprint density at radius 2 is 2.00 bits per heavy atom. The molecule has 16 heteroatoms.